The maximum atomic E-state index is 11.2. The van der Waals surface area contributed by atoms with E-state index in [4.69, 9.17) is 4.98 Å². The summed E-state index contributed by atoms with van der Waals surface area (Å²) in [6.45, 7) is 0. The van der Waals surface area contributed by atoms with Crippen molar-refractivity contribution in [3.05, 3.63) is 156 Å². The number of imidazole rings is 1. The molecule has 0 saturated heterocycles. The molecule has 0 spiro atoms. The van der Waals surface area contributed by atoms with Crippen LogP contribution in [-0.2, 0) is 0 Å². The second-order valence-corrected chi connectivity index (χ2v) is 11.0. The average molecular weight is 545 g/mol. The van der Waals surface area contributed by atoms with E-state index in [1.165, 1.54) is 16.7 Å². The summed E-state index contributed by atoms with van der Waals surface area (Å²) in [6.07, 6.45) is 3.36. The Kier molecular flexibility index (Phi) is 5.81. The highest BCUT2D eigenvalue weighted by atomic mass is 16.3. The summed E-state index contributed by atoms with van der Waals surface area (Å²) in [4.78, 5) is 5.22. The van der Waals surface area contributed by atoms with E-state index in [-0.39, 0.29) is 23.5 Å². The number of rotatable bonds is 4. The predicted octanol–water partition coefficient (Wildman–Crippen LogP) is 9.60. The Hall–Kier alpha value is -5.29. The molecule has 6 aromatic rings. The molecule has 2 heterocycles. The molecule has 5 aromatic carbocycles. The Balaban J connectivity index is 1.40. The van der Waals surface area contributed by atoms with Crippen molar-refractivity contribution >= 4 is 28.0 Å². The quantitative estimate of drug-likeness (QED) is 0.225. The van der Waals surface area contributed by atoms with Gasteiger partial charge in [0, 0.05) is 17.4 Å². The van der Waals surface area contributed by atoms with Crippen molar-refractivity contribution in [3.63, 3.8) is 0 Å². The fourth-order valence-electron chi connectivity index (χ4n) is 6.77. The maximum Gasteiger partial charge on any atom is 0.152 e. The van der Waals surface area contributed by atoms with E-state index in [0.29, 0.717) is 5.69 Å². The Morgan fingerprint density at radius 1 is 0.690 bits per heavy atom. The topological polar surface area (TPSA) is 62.8 Å². The molecule has 3 unspecified atom stereocenters. The summed E-state index contributed by atoms with van der Waals surface area (Å²) < 4.78 is 2.20. The molecule has 0 bridgehead atoms. The van der Waals surface area contributed by atoms with Gasteiger partial charge in [-0.05, 0) is 65.4 Å². The molecule has 1 N–H and O–H groups in total. The number of allylic oxidation sites excluding steroid dienone is 2. The van der Waals surface area contributed by atoms with Gasteiger partial charge in [0.1, 0.15) is 11.6 Å². The van der Waals surface area contributed by atoms with Crippen molar-refractivity contribution in [1.29, 1.82) is 0 Å². The molecular weight excluding hydrogens is 516 g/mol. The number of hydrogen-bond donors (Lipinski definition) is 1. The van der Waals surface area contributed by atoms with E-state index < -0.39 is 0 Å². The van der Waals surface area contributed by atoms with Crippen molar-refractivity contribution in [2.24, 2.45) is 10.2 Å². The van der Waals surface area contributed by atoms with Crippen molar-refractivity contribution in [2.75, 3.05) is 0 Å². The number of benzene rings is 5. The average Bonchev–Trinajstić information content (AvgIpc) is 3.45. The van der Waals surface area contributed by atoms with E-state index >= 15 is 0 Å². The minimum absolute atomic E-state index is 0.0820. The molecule has 0 fully saturated rings. The van der Waals surface area contributed by atoms with Crippen LogP contribution in [0, 0.1) is 0 Å². The molecule has 5 heteroatoms. The SMILES string of the molecule is Oc1ccc2c(c1N=Nc1ccccc1)-n1c(nc3ccccc31)C1CC(c3ccccc3)C(c3ccccc3)C=C21. The smallest absolute Gasteiger partial charge is 0.152 e. The fraction of sp³-hybridized carbons (Fsp3) is 0.108. The first-order valence-corrected chi connectivity index (χ1v) is 14.4. The Morgan fingerprint density at radius 2 is 1.36 bits per heavy atom. The van der Waals surface area contributed by atoms with Gasteiger partial charge in [-0.2, -0.15) is 5.11 Å². The summed E-state index contributed by atoms with van der Waals surface area (Å²) in [5, 5.41) is 20.4. The molecule has 3 atom stereocenters. The zero-order valence-electron chi connectivity index (χ0n) is 22.9. The van der Waals surface area contributed by atoms with E-state index in [0.717, 1.165) is 40.2 Å². The number of azo groups is 1. The molecular formula is C37H28N4O. The molecule has 0 amide bonds. The van der Waals surface area contributed by atoms with Gasteiger partial charge >= 0.3 is 0 Å². The van der Waals surface area contributed by atoms with Crippen LogP contribution in [0.3, 0.4) is 0 Å². The van der Waals surface area contributed by atoms with Gasteiger partial charge in [0.15, 0.2) is 5.69 Å². The van der Waals surface area contributed by atoms with Gasteiger partial charge in [0.2, 0.25) is 0 Å². The van der Waals surface area contributed by atoms with Crippen LogP contribution in [0.1, 0.15) is 46.7 Å². The van der Waals surface area contributed by atoms with E-state index in [1.807, 2.05) is 48.5 Å². The van der Waals surface area contributed by atoms with E-state index in [9.17, 15) is 5.11 Å². The van der Waals surface area contributed by atoms with E-state index in [1.54, 1.807) is 6.07 Å². The van der Waals surface area contributed by atoms with Crippen molar-refractivity contribution < 1.29 is 5.11 Å². The van der Waals surface area contributed by atoms with Gasteiger partial charge in [-0.15, -0.1) is 5.11 Å². The summed E-state index contributed by atoms with van der Waals surface area (Å²) >= 11 is 0. The van der Waals surface area contributed by atoms with Crippen LogP contribution in [0.5, 0.6) is 5.75 Å². The van der Waals surface area contributed by atoms with Crippen LogP contribution in [0.2, 0.25) is 0 Å². The number of para-hydroxylation sites is 2. The highest BCUT2D eigenvalue weighted by molar-refractivity contribution is 5.92. The fourth-order valence-corrected chi connectivity index (χ4v) is 6.77. The molecule has 8 rings (SSSR count). The molecule has 1 aromatic heterocycles. The van der Waals surface area contributed by atoms with Gasteiger partial charge < -0.3 is 5.11 Å². The number of hydrogen-bond acceptors (Lipinski definition) is 4. The lowest BCUT2D eigenvalue weighted by Crippen LogP contribution is -2.25. The zero-order valence-corrected chi connectivity index (χ0v) is 22.9. The van der Waals surface area contributed by atoms with Crippen LogP contribution in [-0.4, -0.2) is 14.7 Å². The van der Waals surface area contributed by atoms with Crippen molar-refractivity contribution in [2.45, 2.75) is 24.2 Å². The Morgan fingerprint density at radius 3 is 2.12 bits per heavy atom. The first kappa shape index (κ1) is 24.5. The van der Waals surface area contributed by atoms with Crippen LogP contribution in [0.15, 0.2) is 144 Å². The largest absolute Gasteiger partial charge is 0.506 e. The van der Waals surface area contributed by atoms with Crippen LogP contribution in [0.25, 0.3) is 22.3 Å². The van der Waals surface area contributed by atoms with Crippen LogP contribution in [0.4, 0.5) is 11.4 Å². The molecule has 5 nitrogen and oxygen atoms in total. The Bertz CT molecular complexity index is 1980. The summed E-state index contributed by atoms with van der Waals surface area (Å²) in [5.41, 5.74) is 8.83. The molecule has 202 valence electrons. The molecule has 42 heavy (non-hydrogen) atoms. The lowest BCUT2D eigenvalue weighted by atomic mass is 9.67. The number of nitrogens with zero attached hydrogens (tertiary/aromatic N) is 4. The summed E-state index contributed by atoms with van der Waals surface area (Å²) in [6, 6.07) is 43.2. The molecule has 0 saturated carbocycles. The molecule has 2 aliphatic rings. The normalized spacial score (nSPS) is 19.2. The maximum absolute atomic E-state index is 11.2. The van der Waals surface area contributed by atoms with Gasteiger partial charge in [-0.1, -0.05) is 97.1 Å². The van der Waals surface area contributed by atoms with Crippen molar-refractivity contribution in [3.8, 4) is 11.4 Å². The van der Waals surface area contributed by atoms with Crippen molar-refractivity contribution in [1.82, 2.24) is 9.55 Å². The van der Waals surface area contributed by atoms with Gasteiger partial charge in [-0.25, -0.2) is 4.98 Å². The van der Waals surface area contributed by atoms with Gasteiger partial charge in [0.05, 0.1) is 22.4 Å². The molecule has 0 radical (unpaired) electrons. The second-order valence-electron chi connectivity index (χ2n) is 11.0. The van der Waals surface area contributed by atoms with Gasteiger partial charge in [0.25, 0.3) is 0 Å². The zero-order chi connectivity index (χ0) is 28.0. The highest BCUT2D eigenvalue weighted by Gasteiger charge is 2.41. The summed E-state index contributed by atoms with van der Waals surface area (Å²) in [7, 11) is 0. The second kappa shape index (κ2) is 9.96. The lowest BCUT2D eigenvalue weighted by Gasteiger charge is -2.39. The minimum atomic E-state index is 0.0820. The third-order valence-corrected chi connectivity index (χ3v) is 8.65. The third-order valence-electron chi connectivity index (χ3n) is 8.65. The first-order chi connectivity index (χ1) is 20.8. The molecule has 1 aliphatic carbocycles. The number of aromatic hydroxyl groups is 1. The minimum Gasteiger partial charge on any atom is -0.506 e. The predicted molar refractivity (Wildman–Crippen MR) is 167 cm³/mol. The van der Waals surface area contributed by atoms with E-state index in [2.05, 4.69) is 93.7 Å². The standard InChI is InChI=1S/C37H28N4O/c42-34-21-20-27-30-22-28(24-12-4-1-5-13-24)29(25-14-6-2-7-15-25)23-31(30)37-38-32-18-10-11-19-33(32)41(37)36(27)35(34)40-39-26-16-8-3-9-17-26/h1-22,28-29,31,42H,23H2. The number of phenols is 1. The number of fused-ring (bicyclic) bond motifs is 8. The highest BCUT2D eigenvalue weighted by Crippen LogP contribution is 2.56. The summed E-state index contributed by atoms with van der Waals surface area (Å²) in [5.74, 6) is 1.62. The van der Waals surface area contributed by atoms with Crippen LogP contribution < -0.4 is 0 Å². The molecule has 1 aliphatic heterocycles. The third kappa shape index (κ3) is 3.97. The van der Waals surface area contributed by atoms with Crippen LogP contribution >= 0.6 is 0 Å². The Labute approximate surface area is 244 Å². The van der Waals surface area contributed by atoms with Gasteiger partial charge in [-0.3, -0.25) is 4.57 Å². The monoisotopic (exact) mass is 544 g/mol. The first-order valence-electron chi connectivity index (χ1n) is 14.4. The lowest BCUT2D eigenvalue weighted by molar-refractivity contribution is 0.475. The number of phenolic OH excluding ortho intramolecular Hbond substituents is 1. The number of aromatic nitrogens is 2.